The molecule has 0 radical (unpaired) electrons. The van der Waals surface area contributed by atoms with Gasteiger partial charge in [0.05, 0.1) is 0 Å². The second kappa shape index (κ2) is 39.9. The molecule has 466 valence electrons. The normalized spacial score (nSPS) is 10.3. The average molecular weight is 1810 g/mol. The summed E-state index contributed by atoms with van der Waals surface area (Å²) in [4.78, 5) is 14.0. The fraction of sp³-hybridized carbons (Fsp3) is 0.0471. The largest absolute Gasteiger partial charge is 3.00 e. The van der Waals surface area contributed by atoms with E-state index < -0.39 is 0 Å². The molecule has 14 aromatic rings. The Morgan fingerprint density at radius 2 is 0.383 bits per heavy atom. The maximum absolute atomic E-state index is 4.65. The summed E-state index contributed by atoms with van der Waals surface area (Å²) in [6.45, 7) is 0. The Balaban J connectivity index is 0.000000169. The second-order valence-electron chi connectivity index (χ2n) is 20.8. The van der Waals surface area contributed by atoms with Crippen LogP contribution < -0.4 is 26.5 Å². The summed E-state index contributed by atoms with van der Waals surface area (Å²) in [5, 5.41) is 7.50. The third-order valence-corrected chi connectivity index (χ3v) is 23.0. The molecule has 0 spiro atoms. The van der Waals surface area contributed by atoms with Gasteiger partial charge >= 0.3 is 67.1 Å². The van der Waals surface area contributed by atoms with Crippen molar-refractivity contribution in [3.8, 4) is 67.5 Å². The molecular formula is C85H66Au3N3P3+3. The van der Waals surface area contributed by atoms with E-state index in [0.717, 1.165) is 67.5 Å². The predicted octanol–water partition coefficient (Wildman–Crippen LogP) is 19.1. The van der Waals surface area contributed by atoms with E-state index in [2.05, 4.69) is 203 Å². The summed E-state index contributed by atoms with van der Waals surface area (Å²) in [6, 6.07) is 140. The van der Waals surface area contributed by atoms with E-state index in [-0.39, 0.29) is 90.9 Å². The number of hydrogen-bond acceptors (Lipinski definition) is 3. The summed E-state index contributed by atoms with van der Waals surface area (Å²) in [6.07, 6.45) is 5.00. The molecule has 11 aromatic carbocycles. The first-order valence-electron chi connectivity index (χ1n) is 30.5. The van der Waals surface area contributed by atoms with Crippen LogP contribution in [0.3, 0.4) is 0 Å². The smallest absolute Gasteiger partial charge is 0.345 e. The number of hydrogen-bond donors (Lipinski definition) is 0. The van der Waals surface area contributed by atoms with Crippen LogP contribution in [0.25, 0.3) is 67.5 Å². The van der Waals surface area contributed by atoms with Crippen LogP contribution in [0.1, 0.15) is 0 Å². The van der Waals surface area contributed by atoms with Crippen LogP contribution in [-0.4, -0.2) is 39.6 Å². The number of rotatable bonds is 17. The molecule has 3 aromatic heterocycles. The molecule has 94 heavy (non-hydrogen) atoms. The first kappa shape index (κ1) is 72.2. The molecule has 0 fully saturated rings. The maximum Gasteiger partial charge on any atom is 3.00 e. The fourth-order valence-electron chi connectivity index (χ4n) is 10.2. The van der Waals surface area contributed by atoms with Crippen LogP contribution in [0.2, 0.25) is 0 Å². The number of aromatic nitrogens is 3. The van der Waals surface area contributed by atoms with Gasteiger partial charge in [0, 0.05) is 0 Å². The van der Waals surface area contributed by atoms with Gasteiger partial charge in [0.1, 0.15) is 0 Å². The van der Waals surface area contributed by atoms with Crippen LogP contribution >= 0.6 is 23.8 Å². The SMILES string of the molecule is [Au+3].[Au+3].[Au+3].[c-]1ccccc1-c1cccc(-c2[c-]cccc2)n1.[c-]1ccccc1-c1cccc(-c2[c-]cccc2)n1.[c-]1ccccc1-c1cccc(-c2[c-]cccc2)n1.c1ccc(P(CCP(c2ccccc2)c2ccccc2)CCP(c2ccccc2)c2ccccc2)cc1. The molecule has 3 nitrogen and oxygen atoms in total. The maximum atomic E-state index is 4.65. The minimum Gasteiger partial charge on any atom is -0.345 e. The van der Waals surface area contributed by atoms with Gasteiger partial charge in [-0.3, -0.25) is 0 Å². The van der Waals surface area contributed by atoms with E-state index in [1.165, 1.54) is 45.9 Å². The van der Waals surface area contributed by atoms with E-state index in [9.17, 15) is 0 Å². The van der Waals surface area contributed by atoms with Crippen molar-refractivity contribution in [2.24, 2.45) is 0 Å². The van der Waals surface area contributed by atoms with Crippen molar-refractivity contribution in [1.29, 1.82) is 0 Å². The van der Waals surface area contributed by atoms with Crippen molar-refractivity contribution >= 4 is 50.3 Å². The monoisotopic (exact) mass is 1810 g/mol. The molecule has 0 atom stereocenters. The Hall–Kier alpha value is -7.62. The summed E-state index contributed by atoms with van der Waals surface area (Å²) in [5.41, 5.74) is 11.7. The molecule has 0 unspecified atom stereocenters. The molecule has 0 N–H and O–H groups in total. The molecule has 0 amide bonds. The molecule has 0 bridgehead atoms. The number of benzene rings is 11. The van der Waals surface area contributed by atoms with Crippen LogP contribution in [0.5, 0.6) is 0 Å². The quantitative estimate of drug-likeness (QED) is 0.0518. The zero-order valence-corrected chi connectivity index (χ0v) is 60.6. The summed E-state index contributed by atoms with van der Waals surface area (Å²) in [7, 11) is -0.982. The van der Waals surface area contributed by atoms with Crippen molar-refractivity contribution in [1.82, 2.24) is 15.0 Å². The van der Waals surface area contributed by atoms with Gasteiger partial charge in [0.25, 0.3) is 0 Å². The Morgan fingerprint density at radius 3 is 0.574 bits per heavy atom. The van der Waals surface area contributed by atoms with Gasteiger partial charge in [0.2, 0.25) is 0 Å². The minimum absolute atomic E-state index is 0. The first-order chi connectivity index (χ1) is 45.2. The molecule has 0 saturated carbocycles. The van der Waals surface area contributed by atoms with Crippen molar-refractivity contribution in [2.75, 3.05) is 24.6 Å². The Bertz CT molecular complexity index is 3720. The predicted molar refractivity (Wildman–Crippen MR) is 389 cm³/mol. The third-order valence-electron chi connectivity index (χ3n) is 14.7. The molecular weight excluding hydrogens is 1750 g/mol. The van der Waals surface area contributed by atoms with Gasteiger partial charge in [-0.25, -0.2) is 0 Å². The molecule has 9 heteroatoms. The number of pyridine rings is 3. The van der Waals surface area contributed by atoms with Crippen molar-refractivity contribution in [3.63, 3.8) is 0 Å². The zero-order chi connectivity index (χ0) is 61.8. The Labute approximate surface area is 607 Å². The zero-order valence-electron chi connectivity index (χ0n) is 51.4. The standard InChI is InChI=1S/C34H33P3.3C17H11N.3Au/c1-6-16-30(17-7-1)35(26-28-36(31-18-8-2-9-19-31)32-20-10-3-11-21-32)27-29-37(33-22-12-4-13-23-33)34-24-14-5-15-25-34;3*1-3-8-14(9-4-1)16-12-7-13-17(18-16)15-10-5-2-6-11-15;;;/h1-25H,26-29H2;3*1-8,10,12-13H;;;/q;3*-2;3*+3. The van der Waals surface area contributed by atoms with Gasteiger partial charge in [-0.15, -0.1) is 215 Å². The van der Waals surface area contributed by atoms with E-state index in [4.69, 9.17) is 0 Å². The van der Waals surface area contributed by atoms with Crippen LogP contribution in [-0.2, 0) is 67.1 Å². The van der Waals surface area contributed by atoms with E-state index >= 15 is 0 Å². The van der Waals surface area contributed by atoms with Crippen molar-refractivity contribution < 1.29 is 67.1 Å². The van der Waals surface area contributed by atoms with Gasteiger partial charge in [-0.1, -0.05) is 214 Å². The van der Waals surface area contributed by atoms with Crippen molar-refractivity contribution in [3.05, 3.63) is 388 Å². The topological polar surface area (TPSA) is 38.7 Å². The Kier molecular flexibility index (Phi) is 30.7. The van der Waals surface area contributed by atoms with E-state index in [1.54, 1.807) is 5.30 Å². The Morgan fingerprint density at radius 1 is 0.191 bits per heavy atom. The fourth-order valence-corrected chi connectivity index (χ4v) is 18.8. The first-order valence-corrected chi connectivity index (χ1v) is 35.2. The second-order valence-corrected chi connectivity index (χ2v) is 28.0. The molecule has 3 heterocycles. The summed E-state index contributed by atoms with van der Waals surface area (Å²) >= 11 is 0. The molecule has 0 aliphatic carbocycles. The molecule has 14 rings (SSSR count). The van der Waals surface area contributed by atoms with Crippen LogP contribution in [0.4, 0.5) is 0 Å². The summed E-state index contributed by atoms with van der Waals surface area (Å²) in [5.74, 6) is 0. The molecule has 0 aliphatic rings. The third kappa shape index (κ3) is 21.7. The van der Waals surface area contributed by atoms with Crippen molar-refractivity contribution in [2.45, 2.75) is 0 Å². The molecule has 0 saturated heterocycles. The van der Waals surface area contributed by atoms with Crippen LogP contribution in [0, 0.1) is 36.4 Å². The molecule has 0 aliphatic heterocycles. The van der Waals surface area contributed by atoms with Gasteiger partial charge in [-0.05, 0) is 101 Å². The van der Waals surface area contributed by atoms with Crippen LogP contribution in [0.15, 0.2) is 352 Å². The number of nitrogens with zero attached hydrogens (tertiary/aromatic N) is 3. The van der Waals surface area contributed by atoms with Gasteiger partial charge in [0.15, 0.2) is 0 Å². The van der Waals surface area contributed by atoms with E-state index in [1.807, 2.05) is 200 Å². The minimum atomic E-state index is -0.366. The average Bonchev–Trinajstić information content (AvgIpc) is 1.08. The van der Waals surface area contributed by atoms with Gasteiger partial charge in [-0.2, -0.15) is 0 Å². The van der Waals surface area contributed by atoms with Gasteiger partial charge < -0.3 is 15.0 Å². The summed E-state index contributed by atoms with van der Waals surface area (Å²) < 4.78 is 0. The van der Waals surface area contributed by atoms with E-state index in [0.29, 0.717) is 0 Å².